The van der Waals surface area contributed by atoms with Gasteiger partial charge in [-0.3, -0.25) is 0 Å². The minimum absolute atomic E-state index is 0.426. The summed E-state index contributed by atoms with van der Waals surface area (Å²) < 4.78 is 0. The van der Waals surface area contributed by atoms with E-state index in [4.69, 9.17) is 0 Å². The second-order valence-corrected chi connectivity index (χ2v) is 5.70. The molecule has 0 aliphatic rings. The van der Waals surface area contributed by atoms with E-state index < -0.39 is 6.10 Å². The Morgan fingerprint density at radius 1 is 1.05 bits per heavy atom. The summed E-state index contributed by atoms with van der Waals surface area (Å²) in [4.78, 5) is 0. The number of rotatable bonds is 6. The van der Waals surface area contributed by atoms with Crippen molar-refractivity contribution in [2.24, 2.45) is 5.92 Å². The first kappa shape index (κ1) is 15.0. The van der Waals surface area contributed by atoms with Gasteiger partial charge in [0.2, 0.25) is 0 Å². The van der Waals surface area contributed by atoms with Crippen molar-refractivity contribution in [2.45, 2.75) is 39.3 Å². The molecule has 2 aromatic rings. The van der Waals surface area contributed by atoms with E-state index in [2.05, 4.69) is 50.4 Å². The number of aliphatic hydroxyl groups excluding tert-OH is 1. The molecule has 0 spiro atoms. The second-order valence-electron chi connectivity index (χ2n) is 5.70. The summed E-state index contributed by atoms with van der Waals surface area (Å²) in [6.45, 7) is 7.22. The van der Waals surface area contributed by atoms with Crippen molar-refractivity contribution < 1.29 is 5.11 Å². The van der Waals surface area contributed by atoms with E-state index in [1.165, 1.54) is 10.8 Å². The van der Waals surface area contributed by atoms with Gasteiger partial charge in [-0.25, -0.2) is 0 Å². The number of hydrogen-bond acceptors (Lipinski definition) is 2. The van der Waals surface area contributed by atoms with E-state index in [1.807, 2.05) is 18.2 Å². The van der Waals surface area contributed by atoms with Crippen molar-refractivity contribution in [3.05, 3.63) is 48.0 Å². The molecule has 2 nitrogen and oxygen atoms in total. The molecule has 0 aliphatic carbocycles. The minimum Gasteiger partial charge on any atom is -0.387 e. The third-order valence-electron chi connectivity index (χ3n) is 4.29. The van der Waals surface area contributed by atoms with Gasteiger partial charge in [0.15, 0.2) is 0 Å². The van der Waals surface area contributed by atoms with Crippen LogP contribution in [0, 0.1) is 5.92 Å². The van der Waals surface area contributed by atoms with Crippen LogP contribution in [0.2, 0.25) is 0 Å². The summed E-state index contributed by atoms with van der Waals surface area (Å²) >= 11 is 0. The number of benzene rings is 2. The Morgan fingerprint density at radius 3 is 2.45 bits per heavy atom. The Hall–Kier alpha value is -1.38. The summed E-state index contributed by atoms with van der Waals surface area (Å²) in [6, 6.07) is 14.8. The van der Waals surface area contributed by atoms with E-state index in [-0.39, 0.29) is 0 Å². The molecule has 20 heavy (non-hydrogen) atoms. The standard InChI is InChI=1S/C18H25NO/c1-4-13(2)14(3)19-12-18(20)17-10-9-15-7-5-6-8-16(15)11-17/h5-11,13-14,18-20H,4,12H2,1-3H3. The summed E-state index contributed by atoms with van der Waals surface area (Å²) in [5.74, 6) is 0.624. The van der Waals surface area contributed by atoms with Gasteiger partial charge in [-0.05, 0) is 35.2 Å². The van der Waals surface area contributed by atoms with Gasteiger partial charge in [0.25, 0.3) is 0 Å². The van der Waals surface area contributed by atoms with Gasteiger partial charge in [0, 0.05) is 12.6 Å². The van der Waals surface area contributed by atoms with E-state index in [0.717, 1.165) is 12.0 Å². The summed E-state index contributed by atoms with van der Waals surface area (Å²) in [7, 11) is 0. The molecule has 0 aliphatic heterocycles. The molecule has 2 rings (SSSR count). The largest absolute Gasteiger partial charge is 0.387 e. The van der Waals surface area contributed by atoms with Crippen molar-refractivity contribution in [1.29, 1.82) is 0 Å². The van der Waals surface area contributed by atoms with Crippen LogP contribution in [-0.2, 0) is 0 Å². The van der Waals surface area contributed by atoms with Gasteiger partial charge in [0.1, 0.15) is 0 Å². The lowest BCUT2D eigenvalue weighted by atomic mass is 10.00. The van der Waals surface area contributed by atoms with Gasteiger partial charge in [-0.1, -0.05) is 56.7 Å². The fourth-order valence-corrected chi connectivity index (χ4v) is 2.39. The zero-order valence-electron chi connectivity index (χ0n) is 12.6. The van der Waals surface area contributed by atoms with Crippen LogP contribution >= 0.6 is 0 Å². The highest BCUT2D eigenvalue weighted by atomic mass is 16.3. The highest BCUT2D eigenvalue weighted by Gasteiger charge is 2.13. The first-order valence-electron chi connectivity index (χ1n) is 7.52. The maximum Gasteiger partial charge on any atom is 0.0914 e. The average molecular weight is 271 g/mol. The Morgan fingerprint density at radius 2 is 1.75 bits per heavy atom. The lowest BCUT2D eigenvalue weighted by molar-refractivity contribution is 0.166. The van der Waals surface area contributed by atoms with Crippen LogP contribution in [0.4, 0.5) is 0 Å². The van der Waals surface area contributed by atoms with Gasteiger partial charge in [0.05, 0.1) is 6.10 Å². The SMILES string of the molecule is CCC(C)C(C)NCC(O)c1ccc2ccccc2c1. The molecule has 0 fully saturated rings. The second kappa shape index (κ2) is 6.87. The zero-order valence-corrected chi connectivity index (χ0v) is 12.6. The molecule has 2 aromatic carbocycles. The van der Waals surface area contributed by atoms with E-state index in [9.17, 15) is 5.11 Å². The third-order valence-corrected chi connectivity index (χ3v) is 4.29. The zero-order chi connectivity index (χ0) is 14.5. The van der Waals surface area contributed by atoms with Crippen LogP contribution in [0.3, 0.4) is 0 Å². The average Bonchev–Trinajstić information content (AvgIpc) is 2.50. The maximum atomic E-state index is 10.3. The molecule has 108 valence electrons. The maximum absolute atomic E-state index is 10.3. The lowest BCUT2D eigenvalue weighted by Crippen LogP contribution is -2.34. The highest BCUT2D eigenvalue weighted by Crippen LogP contribution is 2.20. The molecule has 0 aromatic heterocycles. The van der Waals surface area contributed by atoms with Crippen LogP contribution < -0.4 is 5.32 Å². The summed E-state index contributed by atoms with van der Waals surface area (Å²) in [5.41, 5.74) is 0.979. The van der Waals surface area contributed by atoms with Crippen molar-refractivity contribution in [2.75, 3.05) is 6.54 Å². The van der Waals surface area contributed by atoms with Crippen molar-refractivity contribution in [3.63, 3.8) is 0 Å². The number of aliphatic hydroxyl groups is 1. The molecule has 3 unspecified atom stereocenters. The van der Waals surface area contributed by atoms with Gasteiger partial charge in [-0.2, -0.15) is 0 Å². The molecule has 0 amide bonds. The van der Waals surface area contributed by atoms with E-state index >= 15 is 0 Å². The topological polar surface area (TPSA) is 32.3 Å². The Kier molecular flexibility index (Phi) is 5.16. The van der Waals surface area contributed by atoms with Crippen LogP contribution in [-0.4, -0.2) is 17.7 Å². The Bertz CT molecular complexity index is 552. The lowest BCUT2D eigenvalue weighted by Gasteiger charge is -2.22. The van der Waals surface area contributed by atoms with Gasteiger partial charge in [-0.15, -0.1) is 0 Å². The van der Waals surface area contributed by atoms with Crippen LogP contribution in [0.5, 0.6) is 0 Å². The molecule has 0 bridgehead atoms. The molecule has 2 heteroatoms. The normalized spacial score (nSPS) is 16.0. The molecule has 0 heterocycles. The molecular formula is C18H25NO. The van der Waals surface area contributed by atoms with E-state index in [1.54, 1.807) is 0 Å². The van der Waals surface area contributed by atoms with Gasteiger partial charge < -0.3 is 10.4 Å². The predicted octanol–water partition coefficient (Wildman–Crippen LogP) is 3.90. The molecule has 0 saturated carbocycles. The molecule has 2 N–H and O–H groups in total. The quantitative estimate of drug-likeness (QED) is 0.835. The number of nitrogens with one attached hydrogen (secondary N) is 1. The van der Waals surface area contributed by atoms with E-state index in [0.29, 0.717) is 18.5 Å². The monoisotopic (exact) mass is 271 g/mol. The smallest absolute Gasteiger partial charge is 0.0914 e. The van der Waals surface area contributed by atoms with Crippen LogP contribution in [0.1, 0.15) is 38.9 Å². The van der Waals surface area contributed by atoms with Crippen LogP contribution in [0.25, 0.3) is 10.8 Å². The molecule has 0 saturated heterocycles. The highest BCUT2D eigenvalue weighted by molar-refractivity contribution is 5.83. The number of hydrogen-bond donors (Lipinski definition) is 2. The summed E-state index contributed by atoms with van der Waals surface area (Å²) in [6.07, 6.45) is 0.700. The third kappa shape index (κ3) is 3.59. The first-order valence-corrected chi connectivity index (χ1v) is 7.52. The van der Waals surface area contributed by atoms with Crippen molar-refractivity contribution in [3.8, 4) is 0 Å². The van der Waals surface area contributed by atoms with Crippen molar-refractivity contribution >= 4 is 10.8 Å². The predicted molar refractivity (Wildman–Crippen MR) is 85.8 cm³/mol. The van der Waals surface area contributed by atoms with Crippen LogP contribution in [0.15, 0.2) is 42.5 Å². The fourth-order valence-electron chi connectivity index (χ4n) is 2.39. The Labute approximate surface area is 121 Å². The Balaban J connectivity index is 2.02. The molecule has 3 atom stereocenters. The fraction of sp³-hybridized carbons (Fsp3) is 0.444. The molecule has 0 radical (unpaired) electrons. The minimum atomic E-state index is -0.453. The van der Waals surface area contributed by atoms with Crippen molar-refractivity contribution in [1.82, 2.24) is 5.32 Å². The summed E-state index contributed by atoms with van der Waals surface area (Å²) in [5, 5.41) is 16.1. The molecular weight excluding hydrogens is 246 g/mol. The number of fused-ring (bicyclic) bond motifs is 1. The van der Waals surface area contributed by atoms with Gasteiger partial charge >= 0.3 is 0 Å². The first-order chi connectivity index (χ1) is 9.61.